The molecule has 0 radical (unpaired) electrons. The molecule has 112 valence electrons. The molecule has 7 heteroatoms. The van der Waals surface area contributed by atoms with Gasteiger partial charge >= 0.3 is 0 Å². The minimum Gasteiger partial charge on any atom is -0.290 e. The van der Waals surface area contributed by atoms with Crippen molar-refractivity contribution < 1.29 is 9.72 Å². The lowest BCUT2D eigenvalue weighted by Gasteiger charge is -2.18. The fraction of sp³-hybridized carbons (Fsp3) is 0.429. The molecule has 6 nitrogen and oxygen atoms in total. The maximum Gasteiger partial charge on any atom is 0.269 e. The molecule has 1 aliphatic heterocycles. The van der Waals surface area contributed by atoms with Crippen LogP contribution in [0.1, 0.15) is 19.4 Å². The third-order valence-corrected chi connectivity index (χ3v) is 3.97. The molecule has 1 aromatic rings. The zero-order chi connectivity index (χ0) is 15.6. The van der Waals surface area contributed by atoms with Gasteiger partial charge in [-0.05, 0) is 24.5 Å². The van der Waals surface area contributed by atoms with Gasteiger partial charge in [0.2, 0.25) is 5.91 Å². The fourth-order valence-electron chi connectivity index (χ4n) is 2.01. The van der Waals surface area contributed by atoms with E-state index in [9.17, 15) is 14.9 Å². The minimum atomic E-state index is -0.428. The highest BCUT2D eigenvalue weighted by Gasteiger charge is 2.28. The molecule has 2 rings (SSSR count). The summed E-state index contributed by atoms with van der Waals surface area (Å²) < 4.78 is 0. The molecule has 0 unspecified atom stereocenters. The Hall–Kier alpha value is -1.89. The number of aryl methyl sites for hydroxylation is 1. The van der Waals surface area contributed by atoms with Crippen molar-refractivity contribution in [2.75, 3.05) is 12.3 Å². The molecule has 0 saturated carbocycles. The first kappa shape index (κ1) is 15.5. The van der Waals surface area contributed by atoms with Gasteiger partial charge in [0.05, 0.1) is 16.4 Å². The van der Waals surface area contributed by atoms with E-state index in [0.717, 1.165) is 5.56 Å². The number of hydrogen-bond donors (Lipinski definition) is 0. The number of amides is 1. The van der Waals surface area contributed by atoms with Gasteiger partial charge in [-0.1, -0.05) is 25.6 Å². The zero-order valence-electron chi connectivity index (χ0n) is 12.2. The summed E-state index contributed by atoms with van der Waals surface area (Å²) in [7, 11) is 0. The quantitative estimate of drug-likeness (QED) is 0.632. The largest absolute Gasteiger partial charge is 0.290 e. The first-order valence-corrected chi connectivity index (χ1v) is 7.64. The third-order valence-electron chi connectivity index (χ3n) is 3.01. The molecule has 1 heterocycles. The smallest absolute Gasteiger partial charge is 0.269 e. The van der Waals surface area contributed by atoms with E-state index in [2.05, 4.69) is 4.99 Å². The summed E-state index contributed by atoms with van der Waals surface area (Å²) >= 11 is 1.41. The summed E-state index contributed by atoms with van der Waals surface area (Å²) in [6, 6.07) is 4.55. The zero-order valence-corrected chi connectivity index (χ0v) is 13.0. The van der Waals surface area contributed by atoms with Gasteiger partial charge in [-0.25, -0.2) is 4.99 Å². The van der Waals surface area contributed by atoms with Crippen molar-refractivity contribution in [1.82, 2.24) is 4.90 Å². The molecule has 0 spiro atoms. The fourth-order valence-corrected chi connectivity index (χ4v) is 2.91. The summed E-state index contributed by atoms with van der Waals surface area (Å²) in [5.74, 6) is 0.820. The number of amidine groups is 1. The van der Waals surface area contributed by atoms with Gasteiger partial charge in [0.15, 0.2) is 5.17 Å². The molecule has 0 aromatic heterocycles. The van der Waals surface area contributed by atoms with Gasteiger partial charge in [0.1, 0.15) is 0 Å². The molecule has 0 atom stereocenters. The normalized spacial score (nSPS) is 17.0. The predicted molar refractivity (Wildman–Crippen MR) is 83.9 cm³/mol. The van der Waals surface area contributed by atoms with Crippen LogP contribution >= 0.6 is 11.8 Å². The molecule has 0 aliphatic carbocycles. The topological polar surface area (TPSA) is 75.8 Å². The summed E-state index contributed by atoms with van der Waals surface area (Å²) in [5.41, 5.74) is 1.43. The minimum absolute atomic E-state index is 0.0469. The van der Waals surface area contributed by atoms with E-state index in [0.29, 0.717) is 29.1 Å². The van der Waals surface area contributed by atoms with Crippen molar-refractivity contribution in [3.05, 3.63) is 33.9 Å². The molecule has 1 amide bonds. The van der Waals surface area contributed by atoms with Crippen LogP contribution in [0, 0.1) is 23.0 Å². The monoisotopic (exact) mass is 307 g/mol. The Kier molecular flexibility index (Phi) is 4.62. The number of nitro groups is 1. The first-order valence-electron chi connectivity index (χ1n) is 6.65. The number of rotatable bonds is 4. The molecule has 1 aliphatic rings. The molecular weight excluding hydrogens is 290 g/mol. The van der Waals surface area contributed by atoms with Crippen molar-refractivity contribution in [1.29, 1.82) is 0 Å². The standard InChI is InChI=1S/C14H17N3O3S/c1-9(2)7-16-13(18)8-21-14(16)15-12-5-4-11(17(19)20)6-10(12)3/h4-6,9H,7-8H2,1-3H3/b15-14-. The Balaban J connectivity index is 2.30. The van der Waals surface area contributed by atoms with Gasteiger partial charge in [0.25, 0.3) is 5.69 Å². The van der Waals surface area contributed by atoms with Crippen LogP contribution in [0.15, 0.2) is 23.2 Å². The number of nitrogens with zero attached hydrogens (tertiary/aromatic N) is 3. The lowest BCUT2D eigenvalue weighted by atomic mass is 10.2. The van der Waals surface area contributed by atoms with E-state index in [1.807, 2.05) is 13.8 Å². The SMILES string of the molecule is Cc1cc([N+](=O)[O-])ccc1/N=C1\SCC(=O)N1CC(C)C. The lowest BCUT2D eigenvalue weighted by Crippen LogP contribution is -2.32. The highest BCUT2D eigenvalue weighted by molar-refractivity contribution is 8.15. The van der Waals surface area contributed by atoms with Gasteiger partial charge < -0.3 is 0 Å². The van der Waals surface area contributed by atoms with Gasteiger partial charge in [0, 0.05) is 18.7 Å². The highest BCUT2D eigenvalue weighted by Crippen LogP contribution is 2.28. The maximum absolute atomic E-state index is 11.9. The Labute approximate surface area is 127 Å². The molecule has 1 saturated heterocycles. The lowest BCUT2D eigenvalue weighted by molar-refractivity contribution is -0.384. The number of benzene rings is 1. The van der Waals surface area contributed by atoms with E-state index < -0.39 is 4.92 Å². The third kappa shape index (κ3) is 3.60. The van der Waals surface area contributed by atoms with Gasteiger partial charge in [-0.15, -0.1) is 0 Å². The second kappa shape index (κ2) is 6.26. The second-order valence-electron chi connectivity index (χ2n) is 5.31. The van der Waals surface area contributed by atoms with Crippen molar-refractivity contribution >= 4 is 34.2 Å². The van der Waals surface area contributed by atoms with Crippen molar-refractivity contribution in [2.45, 2.75) is 20.8 Å². The van der Waals surface area contributed by atoms with E-state index in [4.69, 9.17) is 0 Å². The van der Waals surface area contributed by atoms with Crippen LogP contribution in [0.4, 0.5) is 11.4 Å². The summed E-state index contributed by atoms with van der Waals surface area (Å²) in [6.07, 6.45) is 0. The Morgan fingerprint density at radius 1 is 1.48 bits per heavy atom. The van der Waals surface area contributed by atoms with Gasteiger partial charge in [-0.3, -0.25) is 19.8 Å². The maximum atomic E-state index is 11.9. The van der Waals surface area contributed by atoms with E-state index >= 15 is 0 Å². The van der Waals surface area contributed by atoms with Crippen LogP contribution in [0.5, 0.6) is 0 Å². The number of carbonyl (C=O) groups excluding carboxylic acids is 1. The number of non-ortho nitro benzene ring substituents is 1. The number of thioether (sulfide) groups is 1. The van der Waals surface area contributed by atoms with Gasteiger partial charge in [-0.2, -0.15) is 0 Å². The number of hydrogen-bond acceptors (Lipinski definition) is 5. The second-order valence-corrected chi connectivity index (χ2v) is 6.25. The van der Waals surface area contributed by atoms with Crippen LogP contribution in [-0.2, 0) is 4.79 Å². The summed E-state index contributed by atoms with van der Waals surface area (Å²) in [4.78, 5) is 28.4. The molecule has 1 aromatic carbocycles. The van der Waals surface area contributed by atoms with E-state index in [-0.39, 0.29) is 11.6 Å². The summed E-state index contributed by atoms with van der Waals surface area (Å²) in [5, 5.41) is 11.4. The average Bonchev–Trinajstić information content (AvgIpc) is 2.73. The molecule has 21 heavy (non-hydrogen) atoms. The van der Waals surface area contributed by atoms with Crippen molar-refractivity contribution in [3.63, 3.8) is 0 Å². The number of aliphatic imine (C=N–C) groups is 1. The van der Waals surface area contributed by atoms with Crippen molar-refractivity contribution in [3.8, 4) is 0 Å². The number of carbonyl (C=O) groups is 1. The molecule has 0 bridgehead atoms. The summed E-state index contributed by atoms with van der Waals surface area (Å²) in [6.45, 7) is 6.51. The first-order chi connectivity index (χ1) is 9.88. The van der Waals surface area contributed by atoms with Crippen LogP contribution in [0.25, 0.3) is 0 Å². The van der Waals surface area contributed by atoms with Crippen LogP contribution in [0.3, 0.4) is 0 Å². The van der Waals surface area contributed by atoms with Crippen LogP contribution < -0.4 is 0 Å². The van der Waals surface area contributed by atoms with Crippen molar-refractivity contribution in [2.24, 2.45) is 10.9 Å². The molecule has 1 fully saturated rings. The Morgan fingerprint density at radius 3 is 2.76 bits per heavy atom. The number of nitro benzene ring substituents is 1. The molecule has 0 N–H and O–H groups in total. The predicted octanol–water partition coefficient (Wildman–Crippen LogP) is 3.12. The molecular formula is C14H17N3O3S. The highest BCUT2D eigenvalue weighted by atomic mass is 32.2. The Morgan fingerprint density at radius 2 is 2.19 bits per heavy atom. The van der Waals surface area contributed by atoms with E-state index in [1.54, 1.807) is 17.9 Å². The van der Waals surface area contributed by atoms with E-state index in [1.165, 1.54) is 23.9 Å². The van der Waals surface area contributed by atoms with Crippen LogP contribution in [-0.4, -0.2) is 33.2 Å². The Bertz CT molecular complexity index is 613. The average molecular weight is 307 g/mol. The van der Waals surface area contributed by atoms with Crippen LogP contribution in [0.2, 0.25) is 0 Å².